The molecule has 2 N–H and O–H groups in total. The van der Waals surface area contributed by atoms with Gasteiger partial charge in [0.2, 0.25) is 17.4 Å². The third-order valence-electron chi connectivity index (χ3n) is 6.13. The molecule has 3 aliphatic heterocycles. The van der Waals surface area contributed by atoms with Gasteiger partial charge in [0.1, 0.15) is 0 Å². The highest BCUT2D eigenvalue weighted by Gasteiger charge is 2.63. The maximum Gasteiger partial charge on any atom is 0.328 e. The molecule has 4 amide bonds. The number of barbiturate groups is 1. The Labute approximate surface area is 169 Å². The van der Waals surface area contributed by atoms with Gasteiger partial charge < -0.3 is 18.9 Å². The minimum atomic E-state index is -1.68. The molecule has 1 aromatic heterocycles. The van der Waals surface area contributed by atoms with Crippen LogP contribution in [0.3, 0.4) is 0 Å². The van der Waals surface area contributed by atoms with E-state index in [0.29, 0.717) is 10.9 Å². The van der Waals surface area contributed by atoms with Crippen LogP contribution < -0.4 is 20.3 Å². The molecule has 3 atom stereocenters. The fraction of sp³-hybridized carbons (Fsp3) is 0.474. The molecule has 158 valence electrons. The minimum Gasteiger partial charge on any atom is -0.478 e. The number of carbonyl (C=O) groups is 3. The van der Waals surface area contributed by atoms with E-state index >= 15 is 4.39 Å². The number of fused-ring (bicyclic) bond motifs is 5. The van der Waals surface area contributed by atoms with Gasteiger partial charge in [0.05, 0.1) is 36.4 Å². The SMILES string of the molecule is COc1noc2c(F)c3c(cc12)CC1(C(=O)NC(=O)NC1=O)[C@@H]1[C@@H](C)O[C@@H](C)CN31. The lowest BCUT2D eigenvalue weighted by molar-refractivity contribution is -0.153. The number of benzene rings is 1. The van der Waals surface area contributed by atoms with E-state index < -0.39 is 41.2 Å². The molecular formula is C19H19FN4O6. The molecule has 0 radical (unpaired) electrons. The van der Waals surface area contributed by atoms with E-state index in [1.807, 2.05) is 6.92 Å². The molecule has 2 aromatic rings. The van der Waals surface area contributed by atoms with Crippen LogP contribution in [0.1, 0.15) is 19.4 Å². The molecule has 2 saturated heterocycles. The molecule has 11 heteroatoms. The number of aromatic nitrogens is 1. The minimum absolute atomic E-state index is 0.0696. The average Bonchev–Trinajstić information content (AvgIpc) is 3.08. The lowest BCUT2D eigenvalue weighted by atomic mass is 9.66. The third kappa shape index (κ3) is 2.26. The van der Waals surface area contributed by atoms with Crippen LogP contribution in [0.25, 0.3) is 11.0 Å². The quantitative estimate of drug-likeness (QED) is 0.654. The fourth-order valence-electron chi connectivity index (χ4n) is 5.07. The van der Waals surface area contributed by atoms with Crippen molar-refractivity contribution in [3.05, 3.63) is 17.4 Å². The van der Waals surface area contributed by atoms with Gasteiger partial charge in [-0.15, -0.1) is 0 Å². The standard InChI is InChI=1S/C19H19FN4O6/c1-7-6-24-12-9(4-10-13(11(12)20)30-23-15(10)28-3)5-19(14(24)8(2)29-7)16(25)21-18(27)22-17(19)26/h4,7-8,14H,5-6H2,1-3H3,(H2,21,22,25,26,27)/t7-,8+,14-/m0/s1. The van der Waals surface area contributed by atoms with Crippen LogP contribution in [0.2, 0.25) is 0 Å². The third-order valence-corrected chi connectivity index (χ3v) is 6.13. The molecule has 0 unspecified atom stereocenters. The lowest BCUT2D eigenvalue weighted by Gasteiger charge is -2.55. The molecule has 30 heavy (non-hydrogen) atoms. The van der Waals surface area contributed by atoms with Crippen molar-refractivity contribution in [3.63, 3.8) is 0 Å². The van der Waals surface area contributed by atoms with Gasteiger partial charge in [0, 0.05) is 13.0 Å². The number of morpholine rings is 1. The predicted molar refractivity (Wildman–Crippen MR) is 99.5 cm³/mol. The fourth-order valence-corrected chi connectivity index (χ4v) is 5.07. The number of methoxy groups -OCH3 is 1. The monoisotopic (exact) mass is 418 g/mol. The normalized spacial score (nSPS) is 27.5. The summed E-state index contributed by atoms with van der Waals surface area (Å²) in [6.45, 7) is 3.79. The van der Waals surface area contributed by atoms with E-state index in [-0.39, 0.29) is 36.2 Å². The first-order valence-electron chi connectivity index (χ1n) is 9.51. The number of halogens is 1. The van der Waals surface area contributed by atoms with E-state index in [1.54, 1.807) is 17.9 Å². The molecule has 0 bridgehead atoms. The van der Waals surface area contributed by atoms with Gasteiger partial charge >= 0.3 is 6.03 Å². The number of nitrogens with one attached hydrogen (secondary N) is 2. The Kier molecular flexibility index (Phi) is 3.85. The number of hydrogen-bond acceptors (Lipinski definition) is 8. The van der Waals surface area contributed by atoms with Crippen molar-refractivity contribution in [3.8, 4) is 5.88 Å². The number of hydrogen-bond donors (Lipinski definition) is 2. The number of urea groups is 1. The molecule has 0 saturated carbocycles. The van der Waals surface area contributed by atoms with Gasteiger partial charge in [-0.05, 0) is 30.6 Å². The van der Waals surface area contributed by atoms with Crippen LogP contribution in [0, 0.1) is 11.2 Å². The predicted octanol–water partition coefficient (Wildman–Crippen LogP) is 0.866. The number of carbonyl (C=O) groups excluding carboxylic acids is 3. The van der Waals surface area contributed by atoms with Crippen molar-refractivity contribution in [2.24, 2.45) is 5.41 Å². The maximum atomic E-state index is 15.6. The van der Waals surface area contributed by atoms with Crippen molar-refractivity contribution in [1.29, 1.82) is 0 Å². The number of anilines is 1. The van der Waals surface area contributed by atoms with E-state index in [2.05, 4.69) is 15.8 Å². The van der Waals surface area contributed by atoms with E-state index in [4.69, 9.17) is 14.0 Å². The second kappa shape index (κ2) is 6.14. The summed E-state index contributed by atoms with van der Waals surface area (Å²) in [6.07, 6.45) is -1.00. The zero-order chi connectivity index (χ0) is 21.4. The molecule has 5 rings (SSSR count). The topological polar surface area (TPSA) is 123 Å². The van der Waals surface area contributed by atoms with E-state index in [9.17, 15) is 14.4 Å². The number of ether oxygens (including phenoxy) is 2. The van der Waals surface area contributed by atoms with Crippen LogP contribution in [0.4, 0.5) is 14.9 Å². The largest absolute Gasteiger partial charge is 0.478 e. The number of rotatable bonds is 1. The molecule has 4 heterocycles. The molecule has 1 spiro atoms. The zero-order valence-corrected chi connectivity index (χ0v) is 16.4. The second-order valence-corrected chi connectivity index (χ2v) is 7.90. The highest BCUT2D eigenvalue weighted by Crippen LogP contribution is 2.49. The molecule has 1 aromatic carbocycles. The summed E-state index contributed by atoms with van der Waals surface area (Å²) < 4.78 is 31.8. The number of imide groups is 2. The van der Waals surface area contributed by atoms with Crippen molar-refractivity contribution in [2.75, 3.05) is 18.6 Å². The number of nitrogens with zero attached hydrogens (tertiary/aromatic N) is 2. The summed E-state index contributed by atoms with van der Waals surface area (Å²) in [4.78, 5) is 39.6. The Bertz CT molecular complexity index is 1090. The molecule has 10 nitrogen and oxygen atoms in total. The summed E-state index contributed by atoms with van der Waals surface area (Å²) in [5, 5.41) is 8.42. The Morgan fingerprint density at radius 2 is 1.97 bits per heavy atom. The molecule has 3 aliphatic rings. The molecule has 0 aliphatic carbocycles. The second-order valence-electron chi connectivity index (χ2n) is 7.90. The maximum absolute atomic E-state index is 15.6. The van der Waals surface area contributed by atoms with Gasteiger partial charge in [-0.2, -0.15) is 0 Å². The smallest absolute Gasteiger partial charge is 0.328 e. The Hall–Kier alpha value is -3.21. The Morgan fingerprint density at radius 1 is 1.27 bits per heavy atom. The Morgan fingerprint density at radius 3 is 2.63 bits per heavy atom. The van der Waals surface area contributed by atoms with Crippen LogP contribution in [-0.4, -0.2) is 54.9 Å². The summed E-state index contributed by atoms with van der Waals surface area (Å²) in [5.41, 5.74) is -1.10. The summed E-state index contributed by atoms with van der Waals surface area (Å²) >= 11 is 0. The van der Waals surface area contributed by atoms with Crippen molar-refractivity contribution < 1.29 is 32.8 Å². The van der Waals surface area contributed by atoms with Crippen molar-refractivity contribution in [2.45, 2.75) is 38.5 Å². The first kappa shape index (κ1) is 18.8. The Balaban J connectivity index is 1.79. The van der Waals surface area contributed by atoms with Crippen molar-refractivity contribution in [1.82, 2.24) is 15.8 Å². The zero-order valence-electron chi connectivity index (χ0n) is 16.4. The van der Waals surface area contributed by atoms with Crippen LogP contribution in [-0.2, 0) is 20.7 Å². The van der Waals surface area contributed by atoms with Gasteiger partial charge in [-0.3, -0.25) is 20.2 Å². The van der Waals surface area contributed by atoms with Crippen LogP contribution in [0.5, 0.6) is 5.88 Å². The molecule has 2 fully saturated rings. The highest BCUT2D eigenvalue weighted by atomic mass is 19.1. The highest BCUT2D eigenvalue weighted by molar-refractivity contribution is 6.20. The molecular weight excluding hydrogens is 399 g/mol. The summed E-state index contributed by atoms with van der Waals surface area (Å²) in [7, 11) is 1.38. The van der Waals surface area contributed by atoms with Gasteiger partial charge in [-0.25, -0.2) is 9.18 Å². The lowest BCUT2D eigenvalue weighted by Crippen LogP contribution is -2.75. The average molecular weight is 418 g/mol. The first-order valence-corrected chi connectivity index (χ1v) is 9.51. The van der Waals surface area contributed by atoms with Gasteiger partial charge in [-0.1, -0.05) is 0 Å². The summed E-state index contributed by atoms with van der Waals surface area (Å²) in [6, 6.07) is -0.0952. The van der Waals surface area contributed by atoms with E-state index in [0.717, 1.165) is 0 Å². The van der Waals surface area contributed by atoms with E-state index in [1.165, 1.54) is 7.11 Å². The summed E-state index contributed by atoms with van der Waals surface area (Å²) in [5.74, 6) is -2.02. The van der Waals surface area contributed by atoms with Crippen molar-refractivity contribution >= 4 is 34.5 Å². The van der Waals surface area contributed by atoms with Gasteiger partial charge in [0.25, 0.3) is 5.88 Å². The number of amides is 4. The van der Waals surface area contributed by atoms with Crippen LogP contribution in [0.15, 0.2) is 10.6 Å². The first-order chi connectivity index (χ1) is 14.3. The van der Waals surface area contributed by atoms with Crippen LogP contribution >= 0.6 is 0 Å². The van der Waals surface area contributed by atoms with Gasteiger partial charge in [0.15, 0.2) is 11.2 Å².